The van der Waals surface area contributed by atoms with Gasteiger partial charge in [-0.05, 0) is 37.3 Å². The second-order valence-electron chi connectivity index (χ2n) is 6.86. The highest BCUT2D eigenvalue weighted by atomic mass is 32.1. The Morgan fingerprint density at radius 1 is 1.28 bits per heavy atom. The highest BCUT2D eigenvalue weighted by Crippen LogP contribution is 2.43. The molecule has 5 heteroatoms. The van der Waals surface area contributed by atoms with Gasteiger partial charge >= 0.3 is 0 Å². The van der Waals surface area contributed by atoms with Gasteiger partial charge in [-0.1, -0.05) is 37.1 Å². The van der Waals surface area contributed by atoms with Gasteiger partial charge in [-0.2, -0.15) is 0 Å². The van der Waals surface area contributed by atoms with E-state index in [0.717, 1.165) is 30.6 Å². The molecular formula is C20H24FNO2S. The lowest BCUT2D eigenvalue weighted by Gasteiger charge is -2.32. The third-order valence-electron chi connectivity index (χ3n) is 5.36. The van der Waals surface area contributed by atoms with E-state index in [0.29, 0.717) is 5.56 Å². The van der Waals surface area contributed by atoms with Gasteiger partial charge in [0.15, 0.2) is 0 Å². The minimum atomic E-state index is -0.907. The van der Waals surface area contributed by atoms with Crippen LogP contribution >= 0.6 is 11.3 Å². The van der Waals surface area contributed by atoms with Crippen molar-refractivity contribution in [3.05, 3.63) is 58.0 Å². The van der Waals surface area contributed by atoms with Gasteiger partial charge in [0.2, 0.25) is 5.91 Å². The molecule has 0 radical (unpaired) electrons. The molecule has 1 N–H and O–H groups in total. The fraction of sp³-hybridized carbons (Fsp3) is 0.450. The number of carbonyl (C=O) groups is 1. The maximum Gasteiger partial charge on any atom is 0.231 e. The molecule has 1 aromatic heterocycles. The Labute approximate surface area is 152 Å². The standard InChI is InChI=1S/C20H24FNO2S/c1-19(24-2,15-8-3-4-9-16(15)21)14-22-18(23)20(11-5-6-12-20)17-10-7-13-25-17/h3-4,7-10,13H,5-6,11-12,14H2,1-2H3,(H,22,23). The van der Waals surface area contributed by atoms with Crippen molar-refractivity contribution in [1.82, 2.24) is 5.32 Å². The van der Waals surface area contributed by atoms with Crippen LogP contribution < -0.4 is 5.32 Å². The van der Waals surface area contributed by atoms with Gasteiger partial charge in [0.05, 0.1) is 12.0 Å². The molecule has 1 saturated carbocycles. The molecular weight excluding hydrogens is 337 g/mol. The van der Waals surface area contributed by atoms with Gasteiger partial charge in [0, 0.05) is 17.6 Å². The van der Waals surface area contributed by atoms with Gasteiger partial charge in [-0.15, -0.1) is 11.3 Å². The van der Waals surface area contributed by atoms with E-state index in [1.807, 2.05) is 17.5 Å². The number of amides is 1. The highest BCUT2D eigenvalue weighted by molar-refractivity contribution is 7.10. The lowest BCUT2D eigenvalue weighted by Crippen LogP contribution is -2.48. The summed E-state index contributed by atoms with van der Waals surface area (Å²) < 4.78 is 19.8. The topological polar surface area (TPSA) is 38.3 Å². The highest BCUT2D eigenvalue weighted by Gasteiger charge is 2.44. The number of benzene rings is 1. The van der Waals surface area contributed by atoms with E-state index in [-0.39, 0.29) is 18.3 Å². The summed E-state index contributed by atoms with van der Waals surface area (Å²) >= 11 is 1.63. The fourth-order valence-corrected chi connectivity index (χ4v) is 4.68. The Kier molecular flexibility index (Phi) is 5.25. The molecule has 3 nitrogen and oxygen atoms in total. The van der Waals surface area contributed by atoms with E-state index in [1.54, 1.807) is 43.6 Å². The van der Waals surface area contributed by atoms with Crippen molar-refractivity contribution < 1.29 is 13.9 Å². The van der Waals surface area contributed by atoms with E-state index < -0.39 is 11.0 Å². The molecule has 134 valence electrons. The molecule has 0 spiro atoms. The molecule has 1 unspecified atom stereocenters. The van der Waals surface area contributed by atoms with Crippen LogP contribution in [0.1, 0.15) is 43.0 Å². The number of hydrogen-bond acceptors (Lipinski definition) is 3. The maximum atomic E-state index is 14.2. The summed E-state index contributed by atoms with van der Waals surface area (Å²) in [7, 11) is 1.54. The van der Waals surface area contributed by atoms with E-state index in [1.165, 1.54) is 6.07 Å². The van der Waals surface area contributed by atoms with Crippen molar-refractivity contribution in [3.63, 3.8) is 0 Å². The van der Waals surface area contributed by atoms with E-state index >= 15 is 0 Å². The number of hydrogen-bond donors (Lipinski definition) is 1. The summed E-state index contributed by atoms with van der Waals surface area (Å²) in [4.78, 5) is 14.2. The number of thiophene rings is 1. The monoisotopic (exact) mass is 361 g/mol. The average Bonchev–Trinajstić information content (AvgIpc) is 3.31. The fourth-order valence-electron chi connectivity index (χ4n) is 3.70. The Morgan fingerprint density at radius 3 is 2.60 bits per heavy atom. The van der Waals surface area contributed by atoms with Gasteiger partial charge < -0.3 is 10.1 Å². The quantitative estimate of drug-likeness (QED) is 0.829. The van der Waals surface area contributed by atoms with Gasteiger partial charge in [-0.25, -0.2) is 4.39 Å². The second-order valence-corrected chi connectivity index (χ2v) is 7.81. The summed E-state index contributed by atoms with van der Waals surface area (Å²) in [6.45, 7) is 2.04. The van der Waals surface area contributed by atoms with Crippen LogP contribution in [0.15, 0.2) is 41.8 Å². The van der Waals surface area contributed by atoms with Gasteiger partial charge in [0.25, 0.3) is 0 Å². The predicted octanol–water partition coefficient (Wildman–Crippen LogP) is 4.38. The summed E-state index contributed by atoms with van der Waals surface area (Å²) in [5.74, 6) is -0.304. The molecule has 0 aliphatic heterocycles. The summed E-state index contributed by atoms with van der Waals surface area (Å²) in [6.07, 6.45) is 3.84. The SMILES string of the molecule is COC(C)(CNC(=O)C1(c2cccs2)CCCC1)c1ccccc1F. The molecule has 1 aliphatic rings. The predicted molar refractivity (Wildman–Crippen MR) is 98.2 cm³/mol. The third kappa shape index (κ3) is 3.35. The lowest BCUT2D eigenvalue weighted by atomic mass is 9.83. The number of nitrogens with one attached hydrogen (secondary N) is 1. The van der Waals surface area contributed by atoms with Crippen LogP contribution in [0.2, 0.25) is 0 Å². The molecule has 0 bridgehead atoms. The van der Waals surface area contributed by atoms with E-state index in [4.69, 9.17) is 4.74 Å². The molecule has 1 aliphatic carbocycles. The Hall–Kier alpha value is -1.72. The first kappa shape index (κ1) is 18.1. The van der Waals surface area contributed by atoms with E-state index in [9.17, 15) is 9.18 Å². The number of halogens is 1. The Bertz CT molecular complexity index is 725. The van der Waals surface area contributed by atoms with Crippen molar-refractivity contribution in [2.75, 3.05) is 13.7 Å². The summed E-state index contributed by atoms with van der Waals surface area (Å²) in [6, 6.07) is 10.6. The molecule has 1 amide bonds. The number of methoxy groups -OCH3 is 1. The molecule has 3 rings (SSSR count). The first-order chi connectivity index (χ1) is 12.0. The van der Waals surface area contributed by atoms with Crippen LogP contribution in [-0.2, 0) is 20.5 Å². The Morgan fingerprint density at radius 2 is 2.00 bits per heavy atom. The van der Waals surface area contributed by atoms with Crippen molar-refractivity contribution in [2.45, 2.75) is 43.6 Å². The van der Waals surface area contributed by atoms with Crippen LogP contribution in [0.3, 0.4) is 0 Å². The van der Waals surface area contributed by atoms with Crippen molar-refractivity contribution in [2.24, 2.45) is 0 Å². The first-order valence-corrected chi connectivity index (χ1v) is 9.52. The largest absolute Gasteiger partial charge is 0.372 e. The molecule has 25 heavy (non-hydrogen) atoms. The zero-order valence-electron chi connectivity index (χ0n) is 14.7. The van der Waals surface area contributed by atoms with Crippen molar-refractivity contribution in [3.8, 4) is 0 Å². The number of ether oxygens (including phenoxy) is 1. The smallest absolute Gasteiger partial charge is 0.231 e. The summed E-state index contributed by atoms with van der Waals surface area (Å²) in [5.41, 5.74) is -0.900. The maximum absolute atomic E-state index is 14.2. The number of carbonyl (C=O) groups excluding carboxylic acids is 1. The molecule has 1 fully saturated rings. The van der Waals surface area contributed by atoms with Crippen LogP contribution in [0, 0.1) is 5.82 Å². The van der Waals surface area contributed by atoms with Crippen LogP contribution in [-0.4, -0.2) is 19.6 Å². The molecule has 1 heterocycles. The first-order valence-electron chi connectivity index (χ1n) is 8.64. The molecule has 0 saturated heterocycles. The van der Waals surface area contributed by atoms with Gasteiger partial charge in [-0.3, -0.25) is 4.79 Å². The minimum Gasteiger partial charge on any atom is -0.372 e. The molecule has 2 aromatic rings. The summed E-state index contributed by atoms with van der Waals surface area (Å²) in [5, 5.41) is 5.06. The zero-order valence-corrected chi connectivity index (χ0v) is 15.5. The molecule has 1 atom stereocenters. The van der Waals surface area contributed by atoms with E-state index in [2.05, 4.69) is 5.32 Å². The third-order valence-corrected chi connectivity index (χ3v) is 6.44. The van der Waals surface area contributed by atoms with Crippen LogP contribution in [0.4, 0.5) is 4.39 Å². The normalized spacial score (nSPS) is 18.7. The second kappa shape index (κ2) is 7.26. The lowest BCUT2D eigenvalue weighted by molar-refractivity contribution is -0.128. The minimum absolute atomic E-state index is 0.0204. The van der Waals surface area contributed by atoms with Crippen LogP contribution in [0.5, 0.6) is 0 Å². The average molecular weight is 361 g/mol. The van der Waals surface area contributed by atoms with Crippen molar-refractivity contribution in [1.29, 1.82) is 0 Å². The Balaban J connectivity index is 1.79. The van der Waals surface area contributed by atoms with Gasteiger partial charge in [0.1, 0.15) is 11.4 Å². The van der Waals surface area contributed by atoms with Crippen molar-refractivity contribution >= 4 is 17.2 Å². The zero-order chi connectivity index (χ0) is 17.9. The molecule has 1 aromatic carbocycles. The number of rotatable bonds is 6. The van der Waals surface area contributed by atoms with Crippen LogP contribution in [0.25, 0.3) is 0 Å².